The third kappa shape index (κ3) is 1.94. The van der Waals surface area contributed by atoms with E-state index in [4.69, 9.17) is 5.73 Å². The first kappa shape index (κ1) is 8.99. The van der Waals surface area contributed by atoms with Crippen molar-refractivity contribution >= 4 is 23.9 Å². The summed E-state index contributed by atoms with van der Waals surface area (Å²) in [5.74, 6) is 1.14. The Hall–Kier alpha value is -1.10. The van der Waals surface area contributed by atoms with Crippen molar-refractivity contribution in [2.75, 3.05) is 11.5 Å². The van der Waals surface area contributed by atoms with Crippen LogP contribution in [0.15, 0.2) is 11.4 Å². The predicted molar refractivity (Wildman–Crippen MR) is 48.2 cm³/mol. The number of nitrogens with two attached hydrogens (primary N) is 1. The second-order valence-corrected chi connectivity index (χ2v) is 3.28. The Bertz CT molecular complexity index is 290. The largest absolute Gasteiger partial charge is 0.383 e. The molecule has 0 aliphatic rings. The number of hydrogen-bond acceptors (Lipinski definition) is 5. The molecule has 1 aromatic heterocycles. The topological polar surface area (TPSA) is 68.9 Å². The van der Waals surface area contributed by atoms with Gasteiger partial charge in [-0.2, -0.15) is 0 Å². The van der Waals surface area contributed by atoms with Gasteiger partial charge in [-0.05, 0) is 5.75 Å². The van der Waals surface area contributed by atoms with Crippen molar-refractivity contribution in [3.8, 4) is 0 Å². The quantitative estimate of drug-likeness (QED) is 0.430. The molecule has 1 rings (SSSR count). The molecular formula is C7H9N3OS. The highest BCUT2D eigenvalue weighted by Crippen LogP contribution is 2.14. The molecule has 0 saturated carbocycles. The summed E-state index contributed by atoms with van der Waals surface area (Å²) in [5, 5.41) is 0.612. The number of nitrogen functional groups attached to an aromatic ring is 1. The van der Waals surface area contributed by atoms with E-state index in [-0.39, 0.29) is 5.82 Å². The maximum Gasteiger partial charge on any atom is 0.189 e. The number of aromatic nitrogens is 2. The summed E-state index contributed by atoms with van der Waals surface area (Å²) in [6.45, 7) is 2.00. The van der Waals surface area contributed by atoms with Crippen molar-refractivity contribution in [3.63, 3.8) is 0 Å². The molecule has 0 radical (unpaired) electrons. The zero-order chi connectivity index (χ0) is 8.97. The Balaban J connectivity index is 2.93. The number of nitrogens with zero attached hydrogens (tertiary/aromatic N) is 2. The molecule has 64 valence electrons. The normalized spacial score (nSPS) is 9.75. The lowest BCUT2D eigenvalue weighted by atomic mass is 10.3. The van der Waals surface area contributed by atoms with Gasteiger partial charge in [-0.1, -0.05) is 18.7 Å². The number of carbonyl (C=O) groups is 1. The summed E-state index contributed by atoms with van der Waals surface area (Å²) in [5.41, 5.74) is 5.81. The third-order valence-electron chi connectivity index (χ3n) is 1.23. The van der Waals surface area contributed by atoms with Crippen molar-refractivity contribution in [3.05, 3.63) is 11.8 Å². The fraction of sp³-hybridized carbons (Fsp3) is 0.286. The van der Waals surface area contributed by atoms with Crippen LogP contribution in [0.2, 0.25) is 0 Å². The van der Waals surface area contributed by atoms with Crippen LogP contribution in [0.4, 0.5) is 5.82 Å². The van der Waals surface area contributed by atoms with Crippen LogP contribution < -0.4 is 5.73 Å². The van der Waals surface area contributed by atoms with E-state index in [1.165, 1.54) is 18.0 Å². The first-order valence-electron chi connectivity index (χ1n) is 3.48. The minimum absolute atomic E-state index is 0.246. The molecule has 0 amide bonds. The van der Waals surface area contributed by atoms with Gasteiger partial charge in [-0.25, -0.2) is 9.97 Å². The monoisotopic (exact) mass is 183 g/mol. The average Bonchev–Trinajstić information content (AvgIpc) is 2.05. The second-order valence-electron chi connectivity index (χ2n) is 2.04. The Morgan fingerprint density at radius 3 is 3.00 bits per heavy atom. The fourth-order valence-corrected chi connectivity index (χ4v) is 1.23. The van der Waals surface area contributed by atoms with E-state index in [1.807, 2.05) is 6.92 Å². The minimum Gasteiger partial charge on any atom is -0.383 e. The highest BCUT2D eigenvalue weighted by Gasteiger charge is 2.01. The van der Waals surface area contributed by atoms with E-state index in [0.29, 0.717) is 17.0 Å². The van der Waals surface area contributed by atoms with Crippen molar-refractivity contribution < 1.29 is 4.79 Å². The summed E-state index contributed by atoms with van der Waals surface area (Å²) in [6.07, 6.45) is 2.09. The Labute approximate surface area is 74.6 Å². The SMILES string of the molecule is CCSc1ncc(C=O)c(N)n1. The molecule has 1 heterocycles. The van der Waals surface area contributed by atoms with Gasteiger partial charge in [-0.3, -0.25) is 4.79 Å². The van der Waals surface area contributed by atoms with E-state index in [9.17, 15) is 4.79 Å². The van der Waals surface area contributed by atoms with Crippen LogP contribution in [0.1, 0.15) is 17.3 Å². The summed E-state index contributed by atoms with van der Waals surface area (Å²) in [7, 11) is 0. The number of hydrogen-bond donors (Lipinski definition) is 1. The van der Waals surface area contributed by atoms with Crippen LogP contribution in [0.3, 0.4) is 0 Å². The zero-order valence-electron chi connectivity index (χ0n) is 6.65. The lowest BCUT2D eigenvalue weighted by molar-refractivity contribution is 0.112. The molecule has 0 fully saturated rings. The summed E-state index contributed by atoms with van der Waals surface area (Å²) in [6, 6.07) is 0. The number of anilines is 1. The molecule has 0 aromatic carbocycles. The van der Waals surface area contributed by atoms with Crippen molar-refractivity contribution in [1.29, 1.82) is 0 Å². The van der Waals surface area contributed by atoms with E-state index in [0.717, 1.165) is 5.75 Å². The Morgan fingerprint density at radius 2 is 2.50 bits per heavy atom. The standard InChI is InChI=1S/C7H9N3OS/c1-2-12-7-9-3-5(4-11)6(8)10-7/h3-4H,2H2,1H3,(H2,8,9,10). The number of carbonyl (C=O) groups excluding carboxylic acids is 1. The number of thioether (sulfide) groups is 1. The number of rotatable bonds is 3. The maximum atomic E-state index is 10.3. The van der Waals surface area contributed by atoms with Gasteiger partial charge in [0.25, 0.3) is 0 Å². The average molecular weight is 183 g/mol. The van der Waals surface area contributed by atoms with Gasteiger partial charge in [0, 0.05) is 6.20 Å². The molecular weight excluding hydrogens is 174 g/mol. The highest BCUT2D eigenvalue weighted by atomic mass is 32.2. The van der Waals surface area contributed by atoms with Crippen LogP contribution in [0, 0.1) is 0 Å². The first-order chi connectivity index (χ1) is 5.77. The van der Waals surface area contributed by atoms with Gasteiger partial charge in [0.1, 0.15) is 5.82 Å². The van der Waals surface area contributed by atoms with Gasteiger partial charge in [0.05, 0.1) is 5.56 Å². The molecule has 4 nitrogen and oxygen atoms in total. The van der Waals surface area contributed by atoms with Gasteiger partial charge in [0.15, 0.2) is 11.4 Å². The molecule has 2 N–H and O–H groups in total. The van der Waals surface area contributed by atoms with Gasteiger partial charge < -0.3 is 5.73 Å². The van der Waals surface area contributed by atoms with E-state index in [1.54, 1.807) is 0 Å². The molecule has 0 bridgehead atoms. The van der Waals surface area contributed by atoms with E-state index >= 15 is 0 Å². The number of aldehydes is 1. The predicted octanol–water partition coefficient (Wildman–Crippen LogP) is 0.983. The lowest BCUT2D eigenvalue weighted by Gasteiger charge is -1.99. The summed E-state index contributed by atoms with van der Waals surface area (Å²) >= 11 is 1.49. The molecule has 5 heteroatoms. The molecule has 0 aliphatic carbocycles. The van der Waals surface area contributed by atoms with Crippen LogP contribution in [-0.2, 0) is 0 Å². The molecule has 0 spiro atoms. The molecule has 0 atom stereocenters. The molecule has 1 aromatic rings. The maximum absolute atomic E-state index is 10.3. The summed E-state index contributed by atoms with van der Waals surface area (Å²) < 4.78 is 0. The van der Waals surface area contributed by atoms with Crippen LogP contribution >= 0.6 is 11.8 Å². The van der Waals surface area contributed by atoms with E-state index < -0.39 is 0 Å². The minimum atomic E-state index is 0.246. The van der Waals surface area contributed by atoms with Crippen molar-refractivity contribution in [2.24, 2.45) is 0 Å². The second kappa shape index (κ2) is 4.06. The first-order valence-corrected chi connectivity index (χ1v) is 4.47. The molecule has 0 saturated heterocycles. The van der Waals surface area contributed by atoms with Crippen LogP contribution in [0.5, 0.6) is 0 Å². The molecule has 12 heavy (non-hydrogen) atoms. The van der Waals surface area contributed by atoms with Crippen LogP contribution in [0.25, 0.3) is 0 Å². The lowest BCUT2D eigenvalue weighted by Crippen LogP contribution is -1.99. The van der Waals surface area contributed by atoms with Gasteiger partial charge >= 0.3 is 0 Å². The fourth-order valence-electron chi connectivity index (χ4n) is 0.677. The highest BCUT2D eigenvalue weighted by molar-refractivity contribution is 7.99. The Morgan fingerprint density at radius 1 is 1.75 bits per heavy atom. The van der Waals surface area contributed by atoms with Crippen molar-refractivity contribution in [1.82, 2.24) is 9.97 Å². The molecule has 0 unspecified atom stereocenters. The zero-order valence-corrected chi connectivity index (χ0v) is 7.47. The summed E-state index contributed by atoms with van der Waals surface area (Å²) in [4.78, 5) is 18.2. The van der Waals surface area contributed by atoms with Crippen molar-refractivity contribution in [2.45, 2.75) is 12.1 Å². The smallest absolute Gasteiger partial charge is 0.189 e. The third-order valence-corrected chi connectivity index (χ3v) is 1.97. The van der Waals surface area contributed by atoms with Gasteiger partial charge in [-0.15, -0.1) is 0 Å². The van der Waals surface area contributed by atoms with E-state index in [2.05, 4.69) is 9.97 Å². The van der Waals surface area contributed by atoms with Crippen LogP contribution in [-0.4, -0.2) is 22.0 Å². The van der Waals surface area contributed by atoms with Gasteiger partial charge in [0.2, 0.25) is 0 Å². The Kier molecular flexibility index (Phi) is 3.04. The molecule has 0 aliphatic heterocycles.